The van der Waals surface area contributed by atoms with Gasteiger partial charge in [0.1, 0.15) is 5.76 Å². The fourth-order valence-electron chi connectivity index (χ4n) is 3.71. The van der Waals surface area contributed by atoms with Crippen LogP contribution < -0.4 is 0 Å². The van der Waals surface area contributed by atoms with Crippen LogP contribution in [0.15, 0.2) is 22.8 Å². The van der Waals surface area contributed by atoms with E-state index in [0.29, 0.717) is 22.5 Å². The highest BCUT2D eigenvalue weighted by atomic mass is 16.5. The highest BCUT2D eigenvalue weighted by Crippen LogP contribution is 2.22. The summed E-state index contributed by atoms with van der Waals surface area (Å²) in [7, 11) is 1.35. The van der Waals surface area contributed by atoms with E-state index in [1.807, 2.05) is 19.1 Å². The van der Waals surface area contributed by atoms with Gasteiger partial charge in [-0.1, -0.05) is 0 Å². The van der Waals surface area contributed by atoms with Gasteiger partial charge in [-0.15, -0.1) is 0 Å². The molecular formula is C20H27N3O4. The number of Topliss-reactive ketones (excluding diaryl/α,β-unsaturated/α-hetero) is 1. The minimum atomic E-state index is -0.417. The van der Waals surface area contributed by atoms with Crippen molar-refractivity contribution in [1.29, 1.82) is 0 Å². The van der Waals surface area contributed by atoms with E-state index in [0.717, 1.165) is 38.5 Å². The van der Waals surface area contributed by atoms with E-state index >= 15 is 0 Å². The number of hydrogen-bond donors (Lipinski definition) is 1. The highest BCUT2D eigenvalue weighted by molar-refractivity contribution is 6.03. The third-order valence-corrected chi connectivity index (χ3v) is 5.37. The number of H-pyrrole nitrogens is 1. The standard InChI is InChI=1S/C20H27N3O4/c1-13-17(20(25)26-4)14(2)21-18(13)19(24)15(3)23-9-7-22(8-10-23)12-16-6-5-11-27-16/h5-6,11,15,21H,7-10,12H2,1-4H3. The van der Waals surface area contributed by atoms with Gasteiger partial charge in [-0.25, -0.2) is 4.79 Å². The zero-order valence-electron chi connectivity index (χ0n) is 16.4. The Morgan fingerprint density at radius 2 is 1.96 bits per heavy atom. The summed E-state index contributed by atoms with van der Waals surface area (Å²) in [6.07, 6.45) is 1.69. The molecule has 1 N–H and O–H groups in total. The van der Waals surface area contributed by atoms with Crippen molar-refractivity contribution in [2.45, 2.75) is 33.4 Å². The first-order chi connectivity index (χ1) is 12.9. The lowest BCUT2D eigenvalue weighted by Crippen LogP contribution is -2.51. The van der Waals surface area contributed by atoms with Crippen molar-refractivity contribution in [1.82, 2.24) is 14.8 Å². The number of ether oxygens (including phenoxy) is 1. The second-order valence-electron chi connectivity index (χ2n) is 7.05. The average molecular weight is 373 g/mol. The SMILES string of the molecule is COC(=O)c1c(C)[nH]c(C(=O)C(C)N2CCN(Cc3ccco3)CC2)c1C. The number of methoxy groups -OCH3 is 1. The Labute approximate surface area is 159 Å². The number of nitrogens with zero attached hydrogens (tertiary/aromatic N) is 2. The van der Waals surface area contributed by atoms with E-state index in [1.165, 1.54) is 7.11 Å². The molecule has 1 aliphatic rings. The summed E-state index contributed by atoms with van der Waals surface area (Å²) in [6, 6.07) is 3.63. The number of aromatic amines is 1. The van der Waals surface area contributed by atoms with Crippen molar-refractivity contribution in [3.8, 4) is 0 Å². The molecule has 2 aromatic heterocycles. The molecule has 0 radical (unpaired) electrons. The van der Waals surface area contributed by atoms with Crippen LogP contribution in [0, 0.1) is 13.8 Å². The Morgan fingerprint density at radius 1 is 1.26 bits per heavy atom. The monoisotopic (exact) mass is 373 g/mol. The van der Waals surface area contributed by atoms with E-state index in [1.54, 1.807) is 20.1 Å². The van der Waals surface area contributed by atoms with Crippen LogP contribution in [-0.4, -0.2) is 65.9 Å². The molecule has 27 heavy (non-hydrogen) atoms. The molecule has 1 atom stereocenters. The van der Waals surface area contributed by atoms with Gasteiger partial charge in [0.15, 0.2) is 5.78 Å². The van der Waals surface area contributed by atoms with Gasteiger partial charge in [0.2, 0.25) is 0 Å². The fourth-order valence-corrected chi connectivity index (χ4v) is 3.71. The number of piperazine rings is 1. The number of esters is 1. The Morgan fingerprint density at radius 3 is 2.56 bits per heavy atom. The number of carbonyl (C=O) groups excluding carboxylic acids is 2. The van der Waals surface area contributed by atoms with E-state index in [9.17, 15) is 9.59 Å². The second kappa shape index (κ2) is 8.10. The lowest BCUT2D eigenvalue weighted by Gasteiger charge is -2.37. The maximum Gasteiger partial charge on any atom is 0.339 e. The molecule has 2 aromatic rings. The molecule has 1 saturated heterocycles. The van der Waals surface area contributed by atoms with Gasteiger partial charge in [0.05, 0.1) is 37.2 Å². The molecule has 3 heterocycles. The first-order valence-corrected chi connectivity index (χ1v) is 9.22. The summed E-state index contributed by atoms with van der Waals surface area (Å²) in [5.41, 5.74) is 2.28. The van der Waals surface area contributed by atoms with Gasteiger partial charge in [-0.2, -0.15) is 0 Å². The normalized spacial score (nSPS) is 17.0. The summed E-state index contributed by atoms with van der Waals surface area (Å²) < 4.78 is 10.2. The predicted octanol–water partition coefficient (Wildman–Crippen LogP) is 2.40. The number of nitrogens with one attached hydrogen (secondary N) is 1. The molecule has 0 saturated carbocycles. The third-order valence-electron chi connectivity index (χ3n) is 5.37. The number of rotatable bonds is 6. The summed E-state index contributed by atoms with van der Waals surface area (Å²) >= 11 is 0. The maximum atomic E-state index is 13.0. The van der Waals surface area contributed by atoms with Gasteiger partial charge in [0, 0.05) is 31.9 Å². The molecule has 1 fully saturated rings. The van der Waals surface area contributed by atoms with Crippen LogP contribution in [0.4, 0.5) is 0 Å². The molecular weight excluding hydrogens is 346 g/mol. The van der Waals surface area contributed by atoms with Crippen molar-refractivity contribution in [2.24, 2.45) is 0 Å². The molecule has 146 valence electrons. The molecule has 7 nitrogen and oxygen atoms in total. The van der Waals surface area contributed by atoms with E-state index < -0.39 is 5.97 Å². The first-order valence-electron chi connectivity index (χ1n) is 9.22. The van der Waals surface area contributed by atoms with E-state index in [4.69, 9.17) is 9.15 Å². The van der Waals surface area contributed by atoms with Crippen molar-refractivity contribution >= 4 is 11.8 Å². The van der Waals surface area contributed by atoms with Crippen LogP contribution in [0.3, 0.4) is 0 Å². The van der Waals surface area contributed by atoms with Crippen LogP contribution >= 0.6 is 0 Å². The molecule has 0 spiro atoms. The van der Waals surface area contributed by atoms with Crippen LogP contribution in [0.5, 0.6) is 0 Å². The number of furan rings is 1. The van der Waals surface area contributed by atoms with Crippen LogP contribution in [-0.2, 0) is 11.3 Å². The largest absolute Gasteiger partial charge is 0.468 e. The average Bonchev–Trinajstić information content (AvgIpc) is 3.28. The van der Waals surface area contributed by atoms with E-state index in [-0.39, 0.29) is 11.8 Å². The predicted molar refractivity (Wildman–Crippen MR) is 101 cm³/mol. The number of ketones is 1. The lowest BCUT2D eigenvalue weighted by molar-refractivity contribution is 0.0599. The zero-order chi connectivity index (χ0) is 19.6. The van der Waals surface area contributed by atoms with Crippen LogP contribution in [0.2, 0.25) is 0 Å². The zero-order valence-corrected chi connectivity index (χ0v) is 16.4. The van der Waals surface area contributed by atoms with Crippen molar-refractivity contribution < 1.29 is 18.7 Å². The number of carbonyl (C=O) groups is 2. The summed E-state index contributed by atoms with van der Waals surface area (Å²) in [5, 5.41) is 0. The van der Waals surface area contributed by atoms with E-state index in [2.05, 4.69) is 14.8 Å². The lowest BCUT2D eigenvalue weighted by atomic mass is 10.0. The Bertz CT molecular complexity index is 802. The van der Waals surface area contributed by atoms with Gasteiger partial charge in [-0.05, 0) is 38.5 Å². The summed E-state index contributed by atoms with van der Waals surface area (Å²) in [6.45, 7) is 9.69. The first kappa shape index (κ1) is 19.4. The van der Waals surface area contributed by atoms with Crippen LogP contribution in [0.25, 0.3) is 0 Å². The summed E-state index contributed by atoms with van der Waals surface area (Å²) in [5.74, 6) is 0.546. The second-order valence-corrected chi connectivity index (χ2v) is 7.05. The molecule has 1 aliphatic heterocycles. The summed E-state index contributed by atoms with van der Waals surface area (Å²) in [4.78, 5) is 32.6. The smallest absolute Gasteiger partial charge is 0.339 e. The quantitative estimate of drug-likeness (QED) is 0.619. The maximum absolute atomic E-state index is 13.0. The Kier molecular flexibility index (Phi) is 5.82. The Balaban J connectivity index is 1.64. The molecule has 0 aliphatic carbocycles. The minimum Gasteiger partial charge on any atom is -0.468 e. The topological polar surface area (TPSA) is 78.8 Å². The molecule has 0 amide bonds. The number of aryl methyl sites for hydroxylation is 1. The number of hydrogen-bond acceptors (Lipinski definition) is 6. The van der Waals surface area contributed by atoms with Gasteiger partial charge in [0.25, 0.3) is 0 Å². The molecule has 3 rings (SSSR count). The highest BCUT2D eigenvalue weighted by Gasteiger charge is 2.30. The molecule has 7 heteroatoms. The minimum absolute atomic E-state index is 0.00485. The number of aromatic nitrogens is 1. The van der Waals surface area contributed by atoms with Crippen molar-refractivity contribution in [3.05, 3.63) is 46.7 Å². The molecule has 0 bridgehead atoms. The molecule has 0 aromatic carbocycles. The fraction of sp³-hybridized carbons (Fsp3) is 0.500. The van der Waals surface area contributed by atoms with Crippen LogP contribution in [0.1, 0.15) is 44.8 Å². The van der Waals surface area contributed by atoms with Crippen molar-refractivity contribution in [2.75, 3.05) is 33.3 Å². The van der Waals surface area contributed by atoms with Gasteiger partial charge < -0.3 is 14.1 Å². The van der Waals surface area contributed by atoms with Gasteiger partial charge >= 0.3 is 5.97 Å². The van der Waals surface area contributed by atoms with Crippen molar-refractivity contribution in [3.63, 3.8) is 0 Å². The van der Waals surface area contributed by atoms with Gasteiger partial charge in [-0.3, -0.25) is 14.6 Å². The molecule has 1 unspecified atom stereocenters. The third kappa shape index (κ3) is 3.99. The Hall–Kier alpha value is -2.38.